The molecule has 0 saturated carbocycles. The van der Waals surface area contributed by atoms with Crippen LogP contribution in [0.25, 0.3) is 0 Å². The molecule has 2 heteroatoms. The summed E-state index contributed by atoms with van der Waals surface area (Å²) in [5, 5.41) is 7.00. The fraction of sp³-hybridized carbons (Fsp3) is 0.600. The van der Waals surface area contributed by atoms with E-state index < -0.39 is 0 Å². The summed E-state index contributed by atoms with van der Waals surface area (Å²) >= 11 is 0. The molecular formula is C15H24N2. The van der Waals surface area contributed by atoms with E-state index in [1.807, 2.05) is 0 Å². The molecule has 1 aromatic carbocycles. The van der Waals surface area contributed by atoms with E-state index in [2.05, 4.69) is 43.5 Å². The second-order valence-corrected chi connectivity index (χ2v) is 5.35. The Morgan fingerprint density at radius 2 is 1.94 bits per heavy atom. The number of benzene rings is 1. The Morgan fingerprint density at radius 3 is 2.65 bits per heavy atom. The summed E-state index contributed by atoms with van der Waals surface area (Å²) in [6.07, 6.45) is 1.32. The predicted octanol–water partition coefficient (Wildman–Crippen LogP) is 2.31. The van der Waals surface area contributed by atoms with Crippen molar-refractivity contribution in [1.29, 1.82) is 0 Å². The molecule has 0 aliphatic carbocycles. The summed E-state index contributed by atoms with van der Waals surface area (Å²) in [6, 6.07) is 4.62. The maximum atomic E-state index is 3.59. The van der Waals surface area contributed by atoms with Crippen LogP contribution in [-0.2, 0) is 6.54 Å². The Labute approximate surface area is 105 Å². The van der Waals surface area contributed by atoms with E-state index in [9.17, 15) is 0 Å². The molecule has 1 aliphatic heterocycles. The summed E-state index contributed by atoms with van der Waals surface area (Å²) in [7, 11) is 0. The molecule has 1 aromatic rings. The zero-order valence-electron chi connectivity index (χ0n) is 11.3. The smallest absolute Gasteiger partial charge is 0.0208 e. The molecule has 0 radical (unpaired) electrons. The van der Waals surface area contributed by atoms with Crippen molar-refractivity contribution in [2.45, 2.75) is 33.7 Å². The highest BCUT2D eigenvalue weighted by Crippen LogP contribution is 2.15. The molecule has 0 spiro atoms. The SMILES string of the molecule is Cc1cc(C)c(CNCC2CCNC2)cc1C. The summed E-state index contributed by atoms with van der Waals surface area (Å²) < 4.78 is 0. The number of nitrogens with one attached hydrogen (secondary N) is 2. The van der Waals surface area contributed by atoms with Crippen LogP contribution in [0.3, 0.4) is 0 Å². The molecule has 1 unspecified atom stereocenters. The van der Waals surface area contributed by atoms with Gasteiger partial charge in [0, 0.05) is 6.54 Å². The fourth-order valence-corrected chi connectivity index (χ4v) is 2.51. The van der Waals surface area contributed by atoms with Crippen LogP contribution < -0.4 is 10.6 Å². The second kappa shape index (κ2) is 5.65. The van der Waals surface area contributed by atoms with Gasteiger partial charge in [-0.15, -0.1) is 0 Å². The van der Waals surface area contributed by atoms with Crippen molar-refractivity contribution in [1.82, 2.24) is 10.6 Å². The van der Waals surface area contributed by atoms with Gasteiger partial charge in [-0.05, 0) is 75.0 Å². The molecule has 0 aromatic heterocycles. The summed E-state index contributed by atoms with van der Waals surface area (Å²) in [5.41, 5.74) is 5.64. The molecular weight excluding hydrogens is 208 g/mol. The molecule has 0 bridgehead atoms. The van der Waals surface area contributed by atoms with E-state index in [0.717, 1.165) is 19.0 Å². The number of aryl methyl sites for hydroxylation is 3. The summed E-state index contributed by atoms with van der Waals surface area (Å²) in [6.45, 7) is 11.1. The first-order valence-corrected chi connectivity index (χ1v) is 6.65. The van der Waals surface area contributed by atoms with Crippen LogP contribution in [0.1, 0.15) is 28.7 Å². The van der Waals surface area contributed by atoms with E-state index in [1.165, 1.54) is 41.8 Å². The molecule has 1 saturated heterocycles. The molecule has 1 atom stereocenters. The maximum absolute atomic E-state index is 3.59. The van der Waals surface area contributed by atoms with Crippen LogP contribution in [0.2, 0.25) is 0 Å². The van der Waals surface area contributed by atoms with Crippen LogP contribution in [0, 0.1) is 26.7 Å². The van der Waals surface area contributed by atoms with Crippen LogP contribution in [0.5, 0.6) is 0 Å². The lowest BCUT2D eigenvalue weighted by molar-refractivity contribution is 0.512. The number of hydrogen-bond acceptors (Lipinski definition) is 2. The van der Waals surface area contributed by atoms with E-state index in [1.54, 1.807) is 0 Å². The monoisotopic (exact) mass is 232 g/mol. The minimum atomic E-state index is 0.821. The first-order valence-electron chi connectivity index (χ1n) is 6.65. The van der Waals surface area contributed by atoms with Gasteiger partial charge in [0.1, 0.15) is 0 Å². The zero-order valence-corrected chi connectivity index (χ0v) is 11.3. The molecule has 0 amide bonds. The first-order chi connectivity index (χ1) is 8.16. The first kappa shape index (κ1) is 12.6. The van der Waals surface area contributed by atoms with Gasteiger partial charge in [0.25, 0.3) is 0 Å². The highest BCUT2D eigenvalue weighted by Gasteiger charge is 2.13. The van der Waals surface area contributed by atoms with Crippen LogP contribution in [0.15, 0.2) is 12.1 Å². The minimum Gasteiger partial charge on any atom is -0.316 e. The van der Waals surface area contributed by atoms with Gasteiger partial charge in [0.2, 0.25) is 0 Å². The molecule has 1 aliphatic rings. The van der Waals surface area contributed by atoms with Crippen LogP contribution >= 0.6 is 0 Å². The van der Waals surface area contributed by atoms with Crippen molar-refractivity contribution in [3.63, 3.8) is 0 Å². The highest BCUT2D eigenvalue weighted by atomic mass is 14.9. The lowest BCUT2D eigenvalue weighted by Crippen LogP contribution is -2.24. The molecule has 2 nitrogen and oxygen atoms in total. The Morgan fingerprint density at radius 1 is 1.18 bits per heavy atom. The van der Waals surface area contributed by atoms with Crippen molar-refractivity contribution < 1.29 is 0 Å². The molecule has 1 fully saturated rings. The summed E-state index contributed by atoms with van der Waals surface area (Å²) in [4.78, 5) is 0. The van der Waals surface area contributed by atoms with Crippen molar-refractivity contribution in [2.24, 2.45) is 5.92 Å². The van der Waals surface area contributed by atoms with Crippen molar-refractivity contribution in [2.75, 3.05) is 19.6 Å². The Hall–Kier alpha value is -0.860. The Balaban J connectivity index is 1.87. The van der Waals surface area contributed by atoms with Crippen molar-refractivity contribution in [3.05, 3.63) is 34.4 Å². The lowest BCUT2D eigenvalue weighted by atomic mass is 10.0. The third-order valence-electron chi connectivity index (χ3n) is 3.86. The van der Waals surface area contributed by atoms with E-state index >= 15 is 0 Å². The van der Waals surface area contributed by atoms with E-state index in [0.29, 0.717) is 0 Å². The minimum absolute atomic E-state index is 0.821. The fourth-order valence-electron chi connectivity index (χ4n) is 2.51. The van der Waals surface area contributed by atoms with Gasteiger partial charge in [-0.2, -0.15) is 0 Å². The molecule has 2 N–H and O–H groups in total. The van der Waals surface area contributed by atoms with Gasteiger partial charge in [0.05, 0.1) is 0 Å². The highest BCUT2D eigenvalue weighted by molar-refractivity contribution is 5.36. The van der Waals surface area contributed by atoms with Gasteiger partial charge in [-0.1, -0.05) is 12.1 Å². The van der Waals surface area contributed by atoms with Gasteiger partial charge >= 0.3 is 0 Å². The Bertz CT molecular complexity index is 379. The number of hydrogen-bond donors (Lipinski definition) is 2. The normalized spacial score (nSPS) is 19.8. The van der Waals surface area contributed by atoms with Gasteiger partial charge in [-0.25, -0.2) is 0 Å². The van der Waals surface area contributed by atoms with Gasteiger partial charge in [0.15, 0.2) is 0 Å². The predicted molar refractivity (Wildman–Crippen MR) is 73.3 cm³/mol. The molecule has 94 valence electrons. The molecule has 2 rings (SSSR count). The van der Waals surface area contributed by atoms with Crippen molar-refractivity contribution in [3.8, 4) is 0 Å². The third-order valence-corrected chi connectivity index (χ3v) is 3.86. The molecule has 1 heterocycles. The topological polar surface area (TPSA) is 24.1 Å². The van der Waals surface area contributed by atoms with Gasteiger partial charge in [-0.3, -0.25) is 0 Å². The zero-order chi connectivity index (χ0) is 12.3. The van der Waals surface area contributed by atoms with Gasteiger partial charge < -0.3 is 10.6 Å². The van der Waals surface area contributed by atoms with Crippen LogP contribution in [-0.4, -0.2) is 19.6 Å². The van der Waals surface area contributed by atoms with Crippen molar-refractivity contribution >= 4 is 0 Å². The largest absolute Gasteiger partial charge is 0.316 e. The second-order valence-electron chi connectivity index (χ2n) is 5.35. The average Bonchev–Trinajstić information content (AvgIpc) is 2.78. The van der Waals surface area contributed by atoms with E-state index in [4.69, 9.17) is 0 Å². The van der Waals surface area contributed by atoms with Crippen LogP contribution in [0.4, 0.5) is 0 Å². The Kier molecular flexibility index (Phi) is 4.19. The maximum Gasteiger partial charge on any atom is 0.0208 e. The average molecular weight is 232 g/mol. The lowest BCUT2D eigenvalue weighted by Gasteiger charge is -2.13. The standard InChI is InChI=1S/C15H24N2/c1-11-6-13(3)15(7-12(11)2)10-17-9-14-4-5-16-8-14/h6-7,14,16-17H,4-5,8-10H2,1-3H3. The number of rotatable bonds is 4. The summed E-state index contributed by atoms with van der Waals surface area (Å²) in [5.74, 6) is 0.821. The molecule has 17 heavy (non-hydrogen) atoms. The third kappa shape index (κ3) is 3.30. The quantitative estimate of drug-likeness (QED) is 0.832. The van der Waals surface area contributed by atoms with E-state index in [-0.39, 0.29) is 0 Å².